The molecule has 1 fully saturated rings. The van der Waals surface area contributed by atoms with Gasteiger partial charge in [0.25, 0.3) is 15.7 Å². The number of hydrogen-bond acceptors (Lipinski definition) is 7. The average molecular weight is 513 g/mol. The van der Waals surface area contributed by atoms with Crippen LogP contribution in [0.2, 0.25) is 0 Å². The van der Waals surface area contributed by atoms with E-state index in [1.165, 1.54) is 24.1 Å². The predicted molar refractivity (Wildman–Crippen MR) is 117 cm³/mol. The molecule has 0 spiro atoms. The lowest BCUT2D eigenvalue weighted by molar-refractivity contribution is -0.119. The minimum atomic E-state index is -5.57. The van der Waals surface area contributed by atoms with Crippen LogP contribution >= 0.6 is 0 Å². The minimum absolute atomic E-state index is 0.0152. The van der Waals surface area contributed by atoms with Gasteiger partial charge in [-0.05, 0) is 69.7 Å². The largest absolute Gasteiger partial charge is 0.501 e. The number of nitrogens with zero attached hydrogens (tertiary/aromatic N) is 3. The summed E-state index contributed by atoms with van der Waals surface area (Å²) in [5.41, 5.74) is -5.80. The molecule has 0 saturated carbocycles. The van der Waals surface area contributed by atoms with Crippen LogP contribution in [0.25, 0.3) is 0 Å². The van der Waals surface area contributed by atoms with E-state index in [4.69, 9.17) is 4.74 Å². The molecule has 0 aliphatic carbocycles. The lowest BCUT2D eigenvalue weighted by atomic mass is 10.1. The van der Waals surface area contributed by atoms with Crippen molar-refractivity contribution in [3.8, 4) is 0 Å². The molecular formula is C22H22F3N3O6S. The monoisotopic (exact) mass is 513 g/mol. The highest BCUT2D eigenvalue weighted by Crippen LogP contribution is 2.32. The molecule has 1 aliphatic heterocycles. The highest BCUT2D eigenvalue weighted by molar-refractivity contribution is 7.92. The Hall–Kier alpha value is -3.48. The minimum Gasteiger partial charge on any atom is -0.455 e. The number of anilines is 1. The van der Waals surface area contributed by atoms with Gasteiger partial charge in [0, 0.05) is 12.7 Å². The molecule has 1 aliphatic rings. The number of halogens is 3. The number of rotatable bonds is 5. The van der Waals surface area contributed by atoms with Crippen LogP contribution in [0, 0.1) is 0 Å². The standard InChI is InChI=1S/C22H22F3N3O6S/c1-13-18(29)28(15-5-7-16(8-6-15)35(32,33)22(23,24)25)20(31)27(13)12-14-9-10-26-17(11-14)19(30)34-21(2,3)4/h5-11,13H,12H2,1-4H3. The number of carbonyl (C=O) groups is 3. The van der Waals surface area contributed by atoms with Crippen molar-refractivity contribution in [3.63, 3.8) is 0 Å². The second-order valence-corrected chi connectivity index (χ2v) is 10.7. The summed E-state index contributed by atoms with van der Waals surface area (Å²) in [7, 11) is -5.57. The molecule has 0 radical (unpaired) electrons. The van der Waals surface area contributed by atoms with E-state index in [0.717, 1.165) is 17.0 Å². The number of benzene rings is 1. The summed E-state index contributed by atoms with van der Waals surface area (Å²) >= 11 is 0. The number of hydrogen-bond donors (Lipinski definition) is 0. The van der Waals surface area contributed by atoms with E-state index < -0.39 is 49.8 Å². The smallest absolute Gasteiger partial charge is 0.455 e. The summed E-state index contributed by atoms with van der Waals surface area (Å²) in [5, 5.41) is 0. The number of alkyl halides is 3. The maximum Gasteiger partial charge on any atom is 0.501 e. The van der Waals surface area contributed by atoms with Gasteiger partial charge in [0.2, 0.25) is 0 Å². The topological polar surface area (TPSA) is 114 Å². The Labute approximate surface area is 199 Å². The zero-order chi connectivity index (χ0) is 26.3. The summed E-state index contributed by atoms with van der Waals surface area (Å²) in [4.78, 5) is 43.0. The Balaban J connectivity index is 1.83. The van der Waals surface area contributed by atoms with E-state index in [1.54, 1.807) is 26.8 Å². The zero-order valence-corrected chi connectivity index (χ0v) is 20.0. The molecule has 0 bridgehead atoms. The van der Waals surface area contributed by atoms with Crippen LogP contribution < -0.4 is 4.90 Å². The highest BCUT2D eigenvalue weighted by atomic mass is 32.2. The van der Waals surface area contributed by atoms with E-state index >= 15 is 0 Å². The lowest BCUT2D eigenvalue weighted by Gasteiger charge is -2.21. The second kappa shape index (κ2) is 8.95. The number of urea groups is 1. The molecule has 3 amide bonds. The fraction of sp³-hybridized carbons (Fsp3) is 0.364. The van der Waals surface area contributed by atoms with Gasteiger partial charge in [-0.1, -0.05) is 0 Å². The molecule has 1 atom stereocenters. The molecule has 188 valence electrons. The van der Waals surface area contributed by atoms with E-state index in [2.05, 4.69) is 4.98 Å². The second-order valence-electron chi connectivity index (χ2n) is 8.75. The fourth-order valence-electron chi connectivity index (χ4n) is 3.27. The Morgan fingerprint density at radius 2 is 1.69 bits per heavy atom. The first-order valence-corrected chi connectivity index (χ1v) is 11.8. The van der Waals surface area contributed by atoms with Crippen molar-refractivity contribution in [2.45, 2.75) is 56.3 Å². The Morgan fingerprint density at radius 3 is 2.23 bits per heavy atom. The maximum atomic E-state index is 13.0. The van der Waals surface area contributed by atoms with Gasteiger partial charge in [-0.25, -0.2) is 27.9 Å². The first-order chi connectivity index (χ1) is 16.0. The molecule has 3 rings (SSSR count). The van der Waals surface area contributed by atoms with Gasteiger partial charge in [0.15, 0.2) is 0 Å². The molecule has 1 saturated heterocycles. The van der Waals surface area contributed by atoms with Crippen LogP contribution in [-0.2, 0) is 25.9 Å². The van der Waals surface area contributed by atoms with Crippen LogP contribution in [0.5, 0.6) is 0 Å². The quantitative estimate of drug-likeness (QED) is 0.443. The van der Waals surface area contributed by atoms with Crippen molar-refractivity contribution in [2.24, 2.45) is 0 Å². The van der Waals surface area contributed by atoms with Crippen molar-refractivity contribution in [3.05, 3.63) is 53.9 Å². The van der Waals surface area contributed by atoms with Gasteiger partial charge in [-0.15, -0.1) is 0 Å². The summed E-state index contributed by atoms with van der Waals surface area (Å²) in [6, 6.07) is 4.57. The van der Waals surface area contributed by atoms with Crippen LogP contribution in [0.15, 0.2) is 47.5 Å². The van der Waals surface area contributed by atoms with Crippen LogP contribution in [0.3, 0.4) is 0 Å². The Bertz CT molecular complexity index is 1270. The predicted octanol–water partition coefficient (Wildman–Crippen LogP) is 3.69. The summed E-state index contributed by atoms with van der Waals surface area (Å²) in [6.45, 7) is 6.50. The molecule has 1 unspecified atom stereocenters. The molecule has 1 aromatic carbocycles. The number of esters is 1. The molecule has 2 aromatic rings. The SMILES string of the molecule is CC1C(=O)N(c2ccc(S(=O)(=O)C(F)(F)F)cc2)C(=O)N1Cc1ccnc(C(=O)OC(C)(C)C)c1. The summed E-state index contributed by atoms with van der Waals surface area (Å²) in [6.07, 6.45) is 1.36. The molecule has 35 heavy (non-hydrogen) atoms. The van der Waals surface area contributed by atoms with Crippen LogP contribution in [0.1, 0.15) is 43.7 Å². The van der Waals surface area contributed by atoms with Gasteiger partial charge in [-0.3, -0.25) is 4.79 Å². The molecule has 0 N–H and O–H groups in total. The van der Waals surface area contributed by atoms with Gasteiger partial charge >= 0.3 is 17.5 Å². The van der Waals surface area contributed by atoms with Gasteiger partial charge < -0.3 is 9.64 Å². The number of carbonyl (C=O) groups excluding carboxylic acids is 3. The molecule has 1 aromatic heterocycles. The number of ether oxygens (including phenoxy) is 1. The number of aromatic nitrogens is 1. The highest BCUT2D eigenvalue weighted by Gasteiger charge is 2.47. The van der Waals surface area contributed by atoms with Crippen molar-refractivity contribution in [1.82, 2.24) is 9.88 Å². The van der Waals surface area contributed by atoms with Crippen molar-refractivity contribution >= 4 is 33.4 Å². The van der Waals surface area contributed by atoms with E-state index in [-0.39, 0.29) is 17.9 Å². The third-order valence-electron chi connectivity index (χ3n) is 4.98. The third kappa shape index (κ3) is 5.29. The normalized spacial score (nSPS) is 17.2. The molecule has 2 heterocycles. The van der Waals surface area contributed by atoms with Crippen molar-refractivity contribution < 1.29 is 40.7 Å². The van der Waals surface area contributed by atoms with Gasteiger partial charge in [0.05, 0.1) is 10.6 Å². The maximum absolute atomic E-state index is 13.0. The van der Waals surface area contributed by atoms with Crippen molar-refractivity contribution in [1.29, 1.82) is 0 Å². The number of sulfone groups is 1. The summed E-state index contributed by atoms with van der Waals surface area (Å²) < 4.78 is 66.7. The third-order valence-corrected chi connectivity index (χ3v) is 6.48. The first-order valence-electron chi connectivity index (χ1n) is 10.3. The number of pyridine rings is 1. The van der Waals surface area contributed by atoms with E-state index in [0.29, 0.717) is 17.7 Å². The van der Waals surface area contributed by atoms with Gasteiger partial charge in [-0.2, -0.15) is 13.2 Å². The molecule has 13 heteroatoms. The van der Waals surface area contributed by atoms with E-state index in [9.17, 15) is 36.0 Å². The summed E-state index contributed by atoms with van der Waals surface area (Å²) in [5.74, 6) is -1.31. The fourth-order valence-corrected chi connectivity index (χ4v) is 4.03. The lowest BCUT2D eigenvalue weighted by Crippen LogP contribution is -2.33. The molecular weight excluding hydrogens is 491 g/mol. The average Bonchev–Trinajstić information content (AvgIpc) is 2.95. The number of imide groups is 1. The van der Waals surface area contributed by atoms with Crippen molar-refractivity contribution in [2.75, 3.05) is 4.90 Å². The number of amides is 3. The van der Waals surface area contributed by atoms with E-state index in [1.807, 2.05) is 0 Å². The Morgan fingerprint density at radius 1 is 1.09 bits per heavy atom. The first kappa shape index (κ1) is 26.1. The Kier molecular flexibility index (Phi) is 6.68. The zero-order valence-electron chi connectivity index (χ0n) is 19.2. The van der Waals surface area contributed by atoms with Crippen LogP contribution in [-0.4, -0.2) is 53.4 Å². The molecule has 9 nitrogen and oxygen atoms in total. The van der Waals surface area contributed by atoms with Crippen LogP contribution in [0.4, 0.5) is 23.7 Å². The van der Waals surface area contributed by atoms with Gasteiger partial charge in [0.1, 0.15) is 17.3 Å².